The zero-order valence-electron chi connectivity index (χ0n) is 19.4. The molecule has 1 aliphatic rings. The molecule has 1 saturated heterocycles. The topological polar surface area (TPSA) is 137 Å². The van der Waals surface area contributed by atoms with E-state index in [1.807, 2.05) is 31.2 Å². The number of aryl methyl sites for hydroxylation is 1. The molecule has 184 valence electrons. The lowest BCUT2D eigenvalue weighted by Gasteiger charge is -2.37. The Bertz CT molecular complexity index is 1350. The summed E-state index contributed by atoms with van der Waals surface area (Å²) < 4.78 is 26.3. The lowest BCUT2D eigenvalue weighted by atomic mass is 9.84. The molecule has 0 unspecified atom stereocenters. The van der Waals surface area contributed by atoms with Gasteiger partial charge in [-0.2, -0.15) is 0 Å². The van der Waals surface area contributed by atoms with Crippen molar-refractivity contribution >= 4 is 32.6 Å². The van der Waals surface area contributed by atoms with E-state index in [1.54, 1.807) is 11.5 Å². The highest BCUT2D eigenvalue weighted by Gasteiger charge is 2.36. The molecule has 0 radical (unpaired) electrons. The van der Waals surface area contributed by atoms with Crippen LogP contribution in [0.4, 0.5) is 0 Å². The molecule has 1 aromatic heterocycles. The van der Waals surface area contributed by atoms with E-state index in [1.165, 1.54) is 24.3 Å². The van der Waals surface area contributed by atoms with Gasteiger partial charge in [-0.05, 0) is 74.8 Å². The van der Waals surface area contributed by atoms with Crippen LogP contribution in [0.5, 0.6) is 0 Å². The molecule has 0 spiro atoms. The van der Waals surface area contributed by atoms with E-state index >= 15 is 0 Å². The van der Waals surface area contributed by atoms with Crippen LogP contribution in [0.3, 0.4) is 0 Å². The molecule has 0 bridgehead atoms. The number of pyridine rings is 1. The number of carbonyl (C=O) groups is 2. The molecular weight excluding hydrogens is 468 g/mol. The highest BCUT2D eigenvalue weighted by atomic mass is 32.2. The number of amides is 2. The second-order valence-electron chi connectivity index (χ2n) is 8.92. The van der Waals surface area contributed by atoms with E-state index in [-0.39, 0.29) is 22.6 Å². The van der Waals surface area contributed by atoms with Gasteiger partial charge < -0.3 is 10.6 Å². The van der Waals surface area contributed by atoms with Crippen LogP contribution >= 0.6 is 0 Å². The first-order chi connectivity index (χ1) is 16.7. The Morgan fingerprint density at radius 3 is 2.46 bits per heavy atom. The lowest BCUT2D eigenvalue weighted by Crippen LogP contribution is -2.56. The summed E-state index contributed by atoms with van der Waals surface area (Å²) in [6.45, 7) is 3.08. The van der Waals surface area contributed by atoms with Crippen molar-refractivity contribution in [2.45, 2.75) is 42.4 Å². The predicted molar refractivity (Wildman–Crippen MR) is 131 cm³/mol. The average molecular weight is 497 g/mol. The standard InChI is InChI=1S/C25H28N4O5S/c1-17-14-19(21-4-2-3-5-22(21)27-17)16-35(33,34)20-8-6-18(7-9-20)24(31)28-25(15-23(30)29-32)10-12-26-13-11-25/h2-9,14,26,32H,10-13,15-16H2,1H3,(H,28,31)(H,29,30). The number of sulfone groups is 1. The fraction of sp³-hybridized carbons (Fsp3) is 0.320. The molecule has 10 heteroatoms. The van der Waals surface area contributed by atoms with Crippen LogP contribution in [0.15, 0.2) is 59.5 Å². The maximum absolute atomic E-state index is 13.2. The molecule has 1 aliphatic heterocycles. The van der Waals surface area contributed by atoms with Gasteiger partial charge in [0.1, 0.15) is 0 Å². The van der Waals surface area contributed by atoms with Gasteiger partial charge in [-0.1, -0.05) is 18.2 Å². The van der Waals surface area contributed by atoms with Crippen LogP contribution in [0.2, 0.25) is 0 Å². The second kappa shape index (κ2) is 10.1. The summed E-state index contributed by atoms with van der Waals surface area (Å²) in [4.78, 5) is 29.3. The minimum absolute atomic E-state index is 0.0529. The molecule has 0 atom stereocenters. The Hall–Kier alpha value is -3.34. The number of hydrogen-bond acceptors (Lipinski definition) is 7. The molecule has 9 nitrogen and oxygen atoms in total. The number of piperidine rings is 1. The fourth-order valence-corrected chi connectivity index (χ4v) is 5.89. The first-order valence-electron chi connectivity index (χ1n) is 11.4. The van der Waals surface area contributed by atoms with Gasteiger partial charge in [0.05, 0.1) is 28.1 Å². The van der Waals surface area contributed by atoms with Crippen molar-refractivity contribution in [3.63, 3.8) is 0 Å². The smallest absolute Gasteiger partial charge is 0.251 e. The molecule has 0 saturated carbocycles. The average Bonchev–Trinajstić information content (AvgIpc) is 2.84. The largest absolute Gasteiger partial charge is 0.346 e. The molecule has 2 heterocycles. The van der Waals surface area contributed by atoms with Crippen LogP contribution in [0.1, 0.15) is 40.9 Å². The van der Waals surface area contributed by atoms with Crippen LogP contribution in [0.25, 0.3) is 10.9 Å². The normalized spacial score (nSPS) is 15.5. The van der Waals surface area contributed by atoms with E-state index in [4.69, 9.17) is 5.21 Å². The van der Waals surface area contributed by atoms with Gasteiger partial charge in [0, 0.05) is 16.6 Å². The number of hydroxylamine groups is 1. The van der Waals surface area contributed by atoms with Crippen molar-refractivity contribution in [2.75, 3.05) is 13.1 Å². The Morgan fingerprint density at radius 1 is 1.09 bits per heavy atom. The monoisotopic (exact) mass is 496 g/mol. The molecule has 0 aliphatic carbocycles. The number of para-hydroxylation sites is 1. The Kier molecular flexibility index (Phi) is 7.15. The molecule has 1 fully saturated rings. The first-order valence-corrected chi connectivity index (χ1v) is 13.0. The minimum atomic E-state index is -3.67. The van der Waals surface area contributed by atoms with Gasteiger partial charge in [-0.3, -0.25) is 19.8 Å². The van der Waals surface area contributed by atoms with Gasteiger partial charge in [0.2, 0.25) is 5.91 Å². The van der Waals surface area contributed by atoms with Gasteiger partial charge in [0.15, 0.2) is 9.84 Å². The number of aromatic nitrogens is 1. The summed E-state index contributed by atoms with van der Waals surface area (Å²) in [5.74, 6) is -1.17. The zero-order valence-corrected chi connectivity index (χ0v) is 20.2. The zero-order chi connectivity index (χ0) is 25.1. The minimum Gasteiger partial charge on any atom is -0.346 e. The number of fused-ring (bicyclic) bond motifs is 1. The second-order valence-corrected chi connectivity index (χ2v) is 10.9. The van der Waals surface area contributed by atoms with Crippen LogP contribution in [-0.2, 0) is 20.4 Å². The van der Waals surface area contributed by atoms with Gasteiger partial charge in [0.25, 0.3) is 5.91 Å². The van der Waals surface area contributed by atoms with Crippen molar-refractivity contribution in [3.8, 4) is 0 Å². The summed E-state index contributed by atoms with van der Waals surface area (Å²) >= 11 is 0. The maximum Gasteiger partial charge on any atom is 0.251 e. The Balaban J connectivity index is 1.53. The number of hydrogen-bond donors (Lipinski definition) is 4. The number of benzene rings is 2. The highest BCUT2D eigenvalue weighted by Crippen LogP contribution is 2.25. The van der Waals surface area contributed by atoms with Gasteiger partial charge in [-0.25, -0.2) is 13.9 Å². The summed E-state index contributed by atoms with van der Waals surface area (Å²) in [6, 6.07) is 15.0. The number of rotatable bonds is 7. The molecule has 35 heavy (non-hydrogen) atoms. The van der Waals surface area contributed by atoms with Crippen molar-refractivity contribution in [1.29, 1.82) is 0 Å². The lowest BCUT2D eigenvalue weighted by molar-refractivity contribution is -0.130. The number of nitrogens with zero attached hydrogens (tertiary/aromatic N) is 1. The third kappa shape index (κ3) is 5.67. The van der Waals surface area contributed by atoms with E-state index in [0.29, 0.717) is 31.5 Å². The molecule has 2 amide bonds. The summed E-state index contributed by atoms with van der Waals surface area (Å²) in [6.07, 6.45) is 0.999. The number of carbonyl (C=O) groups excluding carboxylic acids is 2. The quantitative estimate of drug-likeness (QED) is 0.291. The van der Waals surface area contributed by atoms with Gasteiger partial charge >= 0.3 is 0 Å². The Labute approximate surface area is 203 Å². The Morgan fingerprint density at radius 2 is 1.77 bits per heavy atom. The third-order valence-corrected chi connectivity index (χ3v) is 8.00. The maximum atomic E-state index is 13.2. The van der Waals surface area contributed by atoms with Crippen LogP contribution in [-0.4, -0.2) is 49.1 Å². The summed E-state index contributed by atoms with van der Waals surface area (Å²) in [5, 5.41) is 15.8. The molecule has 2 aromatic carbocycles. The van der Waals surface area contributed by atoms with Crippen LogP contribution < -0.4 is 16.1 Å². The number of nitrogens with one attached hydrogen (secondary N) is 3. The van der Waals surface area contributed by atoms with Crippen molar-refractivity contribution in [1.82, 2.24) is 21.1 Å². The van der Waals surface area contributed by atoms with E-state index < -0.39 is 27.2 Å². The molecule has 4 N–H and O–H groups in total. The SMILES string of the molecule is Cc1cc(CS(=O)(=O)c2ccc(C(=O)NC3(CC(=O)NO)CCNCC3)cc2)c2ccccc2n1. The van der Waals surface area contributed by atoms with Crippen molar-refractivity contribution in [3.05, 3.63) is 71.4 Å². The van der Waals surface area contributed by atoms with Crippen molar-refractivity contribution in [2.24, 2.45) is 0 Å². The van der Waals surface area contributed by atoms with E-state index in [9.17, 15) is 18.0 Å². The van der Waals surface area contributed by atoms with Crippen LogP contribution in [0, 0.1) is 6.92 Å². The predicted octanol–water partition coefficient (Wildman–Crippen LogP) is 2.26. The third-order valence-electron chi connectivity index (χ3n) is 6.31. The highest BCUT2D eigenvalue weighted by molar-refractivity contribution is 7.90. The first kappa shape index (κ1) is 24.8. The van der Waals surface area contributed by atoms with E-state index in [2.05, 4.69) is 15.6 Å². The fourth-order valence-electron chi connectivity index (χ4n) is 4.53. The molecule has 3 aromatic rings. The summed E-state index contributed by atoms with van der Waals surface area (Å²) in [7, 11) is -3.67. The van der Waals surface area contributed by atoms with Gasteiger partial charge in [-0.15, -0.1) is 0 Å². The summed E-state index contributed by atoms with van der Waals surface area (Å²) in [5.41, 5.74) is 3.28. The van der Waals surface area contributed by atoms with Crippen molar-refractivity contribution < 1.29 is 23.2 Å². The molecular formula is C25H28N4O5S. The molecule has 4 rings (SSSR count). The van der Waals surface area contributed by atoms with E-state index in [0.717, 1.165) is 16.6 Å².